The molecule has 0 aliphatic carbocycles. The number of aliphatic imine (C=N–C) groups is 1. The zero-order chi connectivity index (χ0) is 17.6. The molecule has 1 aromatic rings. The van der Waals surface area contributed by atoms with Gasteiger partial charge in [-0.2, -0.15) is 13.2 Å². The minimum absolute atomic E-state index is 0.374. The maximum Gasteiger partial charge on any atom is 0.401 e. The number of nitrogens with zero attached hydrogens (tertiary/aromatic N) is 3. The fourth-order valence-corrected chi connectivity index (χ4v) is 2.86. The van der Waals surface area contributed by atoms with Gasteiger partial charge in [0.25, 0.3) is 0 Å². The molecular weight excluding hydrogens is 317 g/mol. The van der Waals surface area contributed by atoms with Gasteiger partial charge in [0, 0.05) is 25.3 Å². The highest BCUT2D eigenvalue weighted by molar-refractivity contribution is 5.97. The van der Waals surface area contributed by atoms with Gasteiger partial charge in [-0.25, -0.2) is 0 Å². The summed E-state index contributed by atoms with van der Waals surface area (Å²) >= 11 is 0. The molecule has 0 atom stereocenters. The number of anilines is 1. The summed E-state index contributed by atoms with van der Waals surface area (Å²) in [7, 11) is 1.49. The van der Waals surface area contributed by atoms with Crippen LogP contribution in [0, 0.1) is 0 Å². The Morgan fingerprint density at radius 1 is 1.33 bits per heavy atom. The lowest BCUT2D eigenvalue weighted by molar-refractivity contribution is -0.143. The quantitative estimate of drug-likeness (QED) is 0.490. The van der Waals surface area contributed by atoms with E-state index in [1.165, 1.54) is 17.5 Å². The Morgan fingerprint density at radius 2 is 2.08 bits per heavy atom. The molecule has 0 radical (unpaired) electrons. The second-order valence-corrected chi connectivity index (χ2v) is 5.97. The summed E-state index contributed by atoms with van der Waals surface area (Å²) in [6.07, 6.45) is -2.57. The van der Waals surface area contributed by atoms with Crippen LogP contribution in [0.15, 0.2) is 29.3 Å². The molecule has 1 aromatic carbocycles. The van der Waals surface area contributed by atoms with Crippen LogP contribution in [-0.2, 0) is 6.42 Å². The lowest BCUT2D eigenvalue weighted by atomic mass is 10.2. The summed E-state index contributed by atoms with van der Waals surface area (Å²) in [6, 6.07) is 8.23. The van der Waals surface area contributed by atoms with Crippen molar-refractivity contribution in [1.29, 1.82) is 0 Å². The molecule has 4 nitrogen and oxygen atoms in total. The van der Waals surface area contributed by atoms with E-state index in [0.717, 1.165) is 31.2 Å². The summed E-state index contributed by atoms with van der Waals surface area (Å²) in [5.41, 5.74) is 2.46. The summed E-state index contributed by atoms with van der Waals surface area (Å²) in [5, 5.41) is 3.27. The molecule has 1 heterocycles. The van der Waals surface area contributed by atoms with Crippen molar-refractivity contribution in [2.24, 2.45) is 4.99 Å². The molecule has 0 amide bonds. The molecule has 24 heavy (non-hydrogen) atoms. The Labute approximate surface area is 141 Å². The molecule has 0 spiro atoms. The first-order valence-corrected chi connectivity index (χ1v) is 8.30. The van der Waals surface area contributed by atoms with Crippen molar-refractivity contribution in [3.63, 3.8) is 0 Å². The minimum atomic E-state index is -4.15. The van der Waals surface area contributed by atoms with Crippen molar-refractivity contribution in [2.75, 3.05) is 44.7 Å². The van der Waals surface area contributed by atoms with Crippen LogP contribution in [0.1, 0.15) is 18.9 Å². The van der Waals surface area contributed by atoms with E-state index < -0.39 is 12.7 Å². The summed E-state index contributed by atoms with van der Waals surface area (Å²) in [6.45, 7) is 3.64. The third kappa shape index (κ3) is 5.40. The summed E-state index contributed by atoms with van der Waals surface area (Å²) < 4.78 is 36.9. The molecule has 0 aromatic heterocycles. The van der Waals surface area contributed by atoms with Gasteiger partial charge >= 0.3 is 6.18 Å². The molecule has 0 bridgehead atoms. The molecule has 1 aliphatic heterocycles. The first kappa shape index (κ1) is 18.6. The van der Waals surface area contributed by atoms with Gasteiger partial charge in [-0.05, 0) is 45.0 Å². The molecule has 0 saturated carbocycles. The number of halogens is 3. The van der Waals surface area contributed by atoms with E-state index in [2.05, 4.69) is 27.3 Å². The Morgan fingerprint density at radius 3 is 2.79 bits per heavy atom. The smallest absolute Gasteiger partial charge is 0.356 e. The molecular formula is C17H25F3N4. The van der Waals surface area contributed by atoms with Crippen molar-refractivity contribution in [2.45, 2.75) is 25.9 Å². The summed E-state index contributed by atoms with van der Waals surface area (Å²) in [4.78, 5) is 8.02. The number of hydrogen-bond donors (Lipinski definition) is 1. The third-order valence-corrected chi connectivity index (χ3v) is 3.89. The van der Waals surface area contributed by atoms with Gasteiger partial charge in [0.05, 0.1) is 6.54 Å². The average molecular weight is 342 g/mol. The zero-order valence-corrected chi connectivity index (χ0v) is 14.2. The topological polar surface area (TPSA) is 30.9 Å². The van der Waals surface area contributed by atoms with Gasteiger partial charge in [0.15, 0.2) is 5.96 Å². The van der Waals surface area contributed by atoms with E-state index in [1.807, 2.05) is 19.1 Å². The summed E-state index contributed by atoms with van der Waals surface area (Å²) in [5.74, 6) is 0.806. The highest BCUT2D eigenvalue weighted by Crippen LogP contribution is 2.27. The first-order valence-electron chi connectivity index (χ1n) is 8.30. The van der Waals surface area contributed by atoms with Crippen LogP contribution in [0.2, 0.25) is 0 Å². The molecule has 0 saturated heterocycles. The Hall–Kier alpha value is -1.76. The first-order chi connectivity index (χ1) is 11.4. The van der Waals surface area contributed by atoms with Gasteiger partial charge in [-0.1, -0.05) is 18.2 Å². The number of para-hydroxylation sites is 1. The highest BCUT2D eigenvalue weighted by atomic mass is 19.4. The van der Waals surface area contributed by atoms with Gasteiger partial charge in [-0.3, -0.25) is 9.89 Å². The van der Waals surface area contributed by atoms with Crippen molar-refractivity contribution in [1.82, 2.24) is 10.2 Å². The van der Waals surface area contributed by atoms with Crippen molar-refractivity contribution < 1.29 is 13.2 Å². The van der Waals surface area contributed by atoms with Crippen LogP contribution in [0.4, 0.5) is 18.9 Å². The molecule has 0 unspecified atom stereocenters. The van der Waals surface area contributed by atoms with Gasteiger partial charge in [0.2, 0.25) is 0 Å². The number of nitrogens with one attached hydrogen (secondary N) is 1. The van der Waals surface area contributed by atoms with E-state index in [4.69, 9.17) is 0 Å². The maximum atomic E-state index is 12.3. The lowest BCUT2D eigenvalue weighted by Crippen LogP contribution is -2.40. The molecule has 1 aliphatic rings. The van der Waals surface area contributed by atoms with Crippen LogP contribution in [-0.4, -0.2) is 56.8 Å². The fourth-order valence-electron chi connectivity index (χ4n) is 2.86. The van der Waals surface area contributed by atoms with E-state index in [0.29, 0.717) is 19.5 Å². The fraction of sp³-hybridized carbons (Fsp3) is 0.588. The second kappa shape index (κ2) is 8.37. The third-order valence-electron chi connectivity index (χ3n) is 3.89. The number of guanidine groups is 1. The maximum absolute atomic E-state index is 12.3. The number of fused-ring (bicyclic) bond motifs is 1. The van der Waals surface area contributed by atoms with Crippen molar-refractivity contribution in [3.05, 3.63) is 29.8 Å². The van der Waals surface area contributed by atoms with E-state index >= 15 is 0 Å². The van der Waals surface area contributed by atoms with E-state index in [1.54, 1.807) is 0 Å². The Bertz CT molecular complexity index is 557. The van der Waals surface area contributed by atoms with Crippen molar-refractivity contribution >= 4 is 11.6 Å². The van der Waals surface area contributed by atoms with Crippen LogP contribution < -0.4 is 10.2 Å². The lowest BCUT2D eigenvalue weighted by Gasteiger charge is -2.22. The predicted octanol–water partition coefficient (Wildman–Crippen LogP) is 2.90. The zero-order valence-electron chi connectivity index (χ0n) is 14.2. The molecule has 1 N–H and O–H groups in total. The van der Waals surface area contributed by atoms with Gasteiger partial charge < -0.3 is 10.2 Å². The Balaban J connectivity index is 1.90. The minimum Gasteiger partial charge on any atom is -0.356 e. The van der Waals surface area contributed by atoms with Gasteiger partial charge in [-0.15, -0.1) is 0 Å². The predicted molar refractivity (Wildman–Crippen MR) is 91.6 cm³/mol. The molecule has 7 heteroatoms. The average Bonchev–Trinajstić information content (AvgIpc) is 2.92. The van der Waals surface area contributed by atoms with Crippen LogP contribution in [0.25, 0.3) is 0 Å². The van der Waals surface area contributed by atoms with Crippen LogP contribution in [0.3, 0.4) is 0 Å². The normalized spacial score (nSPS) is 15.1. The second-order valence-electron chi connectivity index (χ2n) is 5.97. The molecule has 134 valence electrons. The van der Waals surface area contributed by atoms with Gasteiger partial charge in [0.1, 0.15) is 0 Å². The Kier molecular flexibility index (Phi) is 6.48. The van der Waals surface area contributed by atoms with E-state index in [-0.39, 0.29) is 0 Å². The number of alkyl halides is 3. The monoisotopic (exact) mass is 342 g/mol. The van der Waals surface area contributed by atoms with Crippen molar-refractivity contribution in [3.8, 4) is 0 Å². The number of hydrogen-bond acceptors (Lipinski definition) is 2. The number of benzene rings is 1. The molecule has 2 rings (SSSR count). The highest BCUT2D eigenvalue weighted by Gasteiger charge is 2.28. The molecule has 0 fully saturated rings. The standard InChI is InChI=1S/C17H25F3N4/c1-3-21-16(22-10-6-11-23(2)13-17(18,19)20)24-12-9-14-7-4-5-8-15(14)24/h4-5,7-8H,3,6,9-13H2,1-2H3,(H,21,22). The van der Waals surface area contributed by atoms with Crippen LogP contribution in [0.5, 0.6) is 0 Å². The number of rotatable bonds is 6. The van der Waals surface area contributed by atoms with Crippen LogP contribution >= 0.6 is 0 Å². The SMILES string of the molecule is CCNC(=NCCCN(C)CC(F)(F)F)N1CCc2ccccc21. The largest absolute Gasteiger partial charge is 0.401 e. The van der Waals surface area contributed by atoms with E-state index in [9.17, 15) is 13.2 Å².